The second kappa shape index (κ2) is 9.67. The molecule has 1 atom stereocenters. The molecule has 4 heteroatoms. The first-order valence-electron chi connectivity index (χ1n) is 6.76. The minimum atomic E-state index is 0.524. The Bertz CT molecular complexity index is 365. The number of rotatable bonds is 9. The topological polar surface area (TPSA) is 21.3 Å². The lowest BCUT2D eigenvalue weighted by atomic mass is 10.0. The summed E-state index contributed by atoms with van der Waals surface area (Å²) < 4.78 is 6.57. The normalized spacial score (nSPS) is 12.4. The summed E-state index contributed by atoms with van der Waals surface area (Å²) in [6.45, 7) is 3.29. The molecule has 0 aliphatic rings. The quantitative estimate of drug-likeness (QED) is 0.727. The Balaban J connectivity index is 2.72. The molecule has 1 N–H and O–H groups in total. The van der Waals surface area contributed by atoms with E-state index in [1.165, 1.54) is 24.2 Å². The summed E-state index contributed by atoms with van der Waals surface area (Å²) in [7, 11) is 1.74. The van der Waals surface area contributed by atoms with Crippen LogP contribution in [-0.2, 0) is 6.42 Å². The van der Waals surface area contributed by atoms with Gasteiger partial charge < -0.3 is 10.1 Å². The SMILES string of the molecule is CCCNC(CCSC)Cc1cc(Br)ccc1OC. The third-order valence-electron chi connectivity index (χ3n) is 3.06. The maximum atomic E-state index is 5.46. The number of hydrogen-bond acceptors (Lipinski definition) is 3. The van der Waals surface area contributed by atoms with Crippen LogP contribution in [0, 0.1) is 0 Å². The maximum absolute atomic E-state index is 5.46. The number of halogens is 1. The maximum Gasteiger partial charge on any atom is 0.122 e. The van der Waals surface area contributed by atoms with Crippen LogP contribution < -0.4 is 10.1 Å². The number of ether oxygens (including phenoxy) is 1. The lowest BCUT2D eigenvalue weighted by molar-refractivity contribution is 0.403. The Hall–Kier alpha value is -0.190. The van der Waals surface area contributed by atoms with Crippen molar-refractivity contribution in [2.24, 2.45) is 0 Å². The van der Waals surface area contributed by atoms with Gasteiger partial charge in [0.15, 0.2) is 0 Å². The van der Waals surface area contributed by atoms with Crippen molar-refractivity contribution in [2.45, 2.75) is 32.2 Å². The molecule has 0 amide bonds. The van der Waals surface area contributed by atoms with E-state index in [1.807, 2.05) is 23.9 Å². The Morgan fingerprint density at radius 3 is 2.84 bits per heavy atom. The van der Waals surface area contributed by atoms with Crippen molar-refractivity contribution in [3.8, 4) is 5.75 Å². The summed E-state index contributed by atoms with van der Waals surface area (Å²) in [4.78, 5) is 0. The third kappa shape index (κ3) is 6.19. The zero-order valence-corrected chi connectivity index (χ0v) is 14.4. The number of nitrogens with one attached hydrogen (secondary N) is 1. The van der Waals surface area contributed by atoms with Gasteiger partial charge in [0, 0.05) is 10.5 Å². The molecule has 1 unspecified atom stereocenters. The zero-order chi connectivity index (χ0) is 14.1. The van der Waals surface area contributed by atoms with Gasteiger partial charge in [-0.25, -0.2) is 0 Å². The monoisotopic (exact) mass is 345 g/mol. The molecule has 0 aliphatic carbocycles. The highest BCUT2D eigenvalue weighted by Gasteiger charge is 2.12. The van der Waals surface area contributed by atoms with Crippen molar-refractivity contribution in [3.05, 3.63) is 28.2 Å². The van der Waals surface area contributed by atoms with Crippen molar-refractivity contribution in [2.75, 3.05) is 25.7 Å². The van der Waals surface area contributed by atoms with Crippen LogP contribution in [0.4, 0.5) is 0 Å². The third-order valence-corrected chi connectivity index (χ3v) is 4.20. The summed E-state index contributed by atoms with van der Waals surface area (Å²) in [5, 5.41) is 3.64. The van der Waals surface area contributed by atoms with Crippen molar-refractivity contribution in [1.82, 2.24) is 5.32 Å². The van der Waals surface area contributed by atoms with Gasteiger partial charge in [-0.3, -0.25) is 0 Å². The van der Waals surface area contributed by atoms with E-state index in [0.717, 1.165) is 23.2 Å². The first-order chi connectivity index (χ1) is 9.21. The Morgan fingerprint density at radius 1 is 1.42 bits per heavy atom. The van der Waals surface area contributed by atoms with Gasteiger partial charge in [0.05, 0.1) is 7.11 Å². The van der Waals surface area contributed by atoms with E-state index < -0.39 is 0 Å². The second-order valence-electron chi connectivity index (χ2n) is 4.59. The summed E-state index contributed by atoms with van der Waals surface area (Å²) in [5.74, 6) is 2.17. The molecule has 1 aromatic carbocycles. The van der Waals surface area contributed by atoms with Crippen LogP contribution >= 0.6 is 27.7 Å². The van der Waals surface area contributed by atoms with Crippen LogP contribution in [0.5, 0.6) is 5.75 Å². The number of methoxy groups -OCH3 is 1. The summed E-state index contributed by atoms with van der Waals surface area (Å²) in [6, 6.07) is 6.75. The molecule has 0 saturated heterocycles. The van der Waals surface area contributed by atoms with E-state index in [0.29, 0.717) is 6.04 Å². The van der Waals surface area contributed by atoms with Gasteiger partial charge >= 0.3 is 0 Å². The van der Waals surface area contributed by atoms with Crippen LogP contribution in [0.3, 0.4) is 0 Å². The Morgan fingerprint density at radius 2 is 2.21 bits per heavy atom. The molecule has 0 radical (unpaired) electrons. The lowest BCUT2D eigenvalue weighted by Gasteiger charge is -2.19. The van der Waals surface area contributed by atoms with Crippen molar-refractivity contribution >= 4 is 27.7 Å². The summed E-state index contributed by atoms with van der Waals surface area (Å²) in [5.41, 5.74) is 1.27. The average molecular weight is 346 g/mol. The van der Waals surface area contributed by atoms with Crippen LogP contribution in [0.2, 0.25) is 0 Å². The van der Waals surface area contributed by atoms with Crippen LogP contribution in [0.1, 0.15) is 25.3 Å². The zero-order valence-electron chi connectivity index (χ0n) is 12.0. The Labute approximate surface area is 129 Å². The summed E-state index contributed by atoms with van der Waals surface area (Å²) >= 11 is 5.45. The van der Waals surface area contributed by atoms with Gasteiger partial charge in [-0.2, -0.15) is 11.8 Å². The van der Waals surface area contributed by atoms with Gasteiger partial charge in [-0.1, -0.05) is 22.9 Å². The summed E-state index contributed by atoms with van der Waals surface area (Å²) in [6.07, 6.45) is 5.54. The van der Waals surface area contributed by atoms with Gasteiger partial charge in [-0.05, 0) is 61.6 Å². The van der Waals surface area contributed by atoms with Crippen LogP contribution in [0.15, 0.2) is 22.7 Å². The molecule has 0 heterocycles. The van der Waals surface area contributed by atoms with Crippen molar-refractivity contribution in [3.63, 3.8) is 0 Å². The molecule has 0 aromatic heterocycles. The van der Waals surface area contributed by atoms with Gasteiger partial charge in [0.1, 0.15) is 5.75 Å². The highest BCUT2D eigenvalue weighted by molar-refractivity contribution is 9.10. The molecule has 0 spiro atoms. The van der Waals surface area contributed by atoms with E-state index in [2.05, 4.69) is 40.5 Å². The van der Waals surface area contributed by atoms with Gasteiger partial charge in [-0.15, -0.1) is 0 Å². The molecule has 2 nitrogen and oxygen atoms in total. The number of benzene rings is 1. The first kappa shape index (κ1) is 16.9. The smallest absolute Gasteiger partial charge is 0.122 e. The first-order valence-corrected chi connectivity index (χ1v) is 8.94. The van der Waals surface area contributed by atoms with Crippen molar-refractivity contribution in [1.29, 1.82) is 0 Å². The molecule has 0 saturated carbocycles. The molecule has 19 heavy (non-hydrogen) atoms. The largest absolute Gasteiger partial charge is 0.496 e. The minimum absolute atomic E-state index is 0.524. The van der Waals surface area contributed by atoms with Crippen LogP contribution in [-0.4, -0.2) is 31.7 Å². The number of thioether (sulfide) groups is 1. The predicted octanol–water partition coefficient (Wildman–Crippen LogP) is 4.12. The second-order valence-corrected chi connectivity index (χ2v) is 6.49. The molecule has 0 aliphatic heterocycles. The fourth-order valence-corrected chi connectivity index (χ4v) is 2.99. The molecular weight excluding hydrogens is 322 g/mol. The standard InChI is InChI=1S/C15H24BrNOS/c1-4-8-17-14(7-9-19-3)11-12-10-13(16)5-6-15(12)18-2/h5-6,10,14,17H,4,7-9,11H2,1-3H3. The van der Waals surface area contributed by atoms with E-state index >= 15 is 0 Å². The van der Waals surface area contributed by atoms with Gasteiger partial charge in [0.2, 0.25) is 0 Å². The van der Waals surface area contributed by atoms with Gasteiger partial charge in [0.25, 0.3) is 0 Å². The fourth-order valence-electron chi connectivity index (χ4n) is 2.06. The van der Waals surface area contributed by atoms with E-state index in [9.17, 15) is 0 Å². The average Bonchev–Trinajstić information content (AvgIpc) is 2.42. The molecule has 0 fully saturated rings. The Kier molecular flexibility index (Phi) is 8.58. The highest BCUT2D eigenvalue weighted by atomic mass is 79.9. The number of hydrogen-bond donors (Lipinski definition) is 1. The van der Waals surface area contributed by atoms with E-state index in [-0.39, 0.29) is 0 Å². The molecular formula is C15H24BrNOS. The van der Waals surface area contributed by atoms with E-state index in [4.69, 9.17) is 4.74 Å². The molecule has 108 valence electrons. The lowest BCUT2D eigenvalue weighted by Crippen LogP contribution is -2.32. The molecule has 0 bridgehead atoms. The predicted molar refractivity (Wildman–Crippen MR) is 89.5 cm³/mol. The molecule has 1 aromatic rings. The molecule has 1 rings (SSSR count). The highest BCUT2D eigenvalue weighted by Crippen LogP contribution is 2.24. The van der Waals surface area contributed by atoms with Crippen LogP contribution in [0.25, 0.3) is 0 Å². The van der Waals surface area contributed by atoms with Crippen molar-refractivity contribution < 1.29 is 4.74 Å². The minimum Gasteiger partial charge on any atom is -0.496 e. The van der Waals surface area contributed by atoms with E-state index in [1.54, 1.807) is 7.11 Å². The fraction of sp³-hybridized carbons (Fsp3) is 0.600.